The topological polar surface area (TPSA) is 59.8 Å². The molecule has 23 heavy (non-hydrogen) atoms. The van der Waals surface area contributed by atoms with Crippen LogP contribution in [0.15, 0.2) is 29.4 Å². The Labute approximate surface area is 140 Å². The molecule has 1 aromatic carbocycles. The van der Waals surface area contributed by atoms with Gasteiger partial charge in [-0.2, -0.15) is 0 Å². The van der Waals surface area contributed by atoms with Gasteiger partial charge < -0.3 is 5.32 Å². The quantitative estimate of drug-likeness (QED) is 0.616. The molecule has 0 radical (unpaired) electrons. The second kappa shape index (κ2) is 7.17. The minimum atomic E-state index is -0.0640. The summed E-state index contributed by atoms with van der Waals surface area (Å²) in [5, 5.41) is 12.6. The first-order valence-electron chi connectivity index (χ1n) is 8.15. The zero-order valence-electron chi connectivity index (χ0n) is 13.6. The van der Waals surface area contributed by atoms with Crippen molar-refractivity contribution in [2.75, 3.05) is 11.1 Å². The Morgan fingerprint density at radius 2 is 2.22 bits per heavy atom. The van der Waals surface area contributed by atoms with Crippen LogP contribution in [0.2, 0.25) is 0 Å². The van der Waals surface area contributed by atoms with Crippen molar-refractivity contribution in [1.29, 1.82) is 0 Å². The lowest BCUT2D eigenvalue weighted by molar-refractivity contribution is -0.114. The second-order valence-corrected chi connectivity index (χ2v) is 6.95. The summed E-state index contributed by atoms with van der Waals surface area (Å²) in [6.07, 6.45) is 4.71. The van der Waals surface area contributed by atoms with E-state index in [0.29, 0.717) is 5.92 Å². The number of carbonyl (C=O) groups excluding carboxylic acids is 1. The lowest BCUT2D eigenvalue weighted by atomic mass is 10.2. The van der Waals surface area contributed by atoms with E-state index in [9.17, 15) is 4.79 Å². The minimum Gasteiger partial charge on any atom is -0.326 e. The Morgan fingerprint density at radius 3 is 2.91 bits per heavy atom. The van der Waals surface area contributed by atoms with Gasteiger partial charge in [0.15, 0.2) is 5.16 Å². The summed E-state index contributed by atoms with van der Waals surface area (Å²) in [4.78, 5) is 11.3. The monoisotopic (exact) mass is 330 g/mol. The Kier molecular flexibility index (Phi) is 5.00. The highest BCUT2D eigenvalue weighted by molar-refractivity contribution is 7.99. The Balaban J connectivity index is 1.93. The number of anilines is 1. The molecule has 0 aliphatic heterocycles. The van der Waals surface area contributed by atoms with Crippen LogP contribution < -0.4 is 5.32 Å². The summed E-state index contributed by atoms with van der Waals surface area (Å²) in [5.74, 6) is 2.55. The van der Waals surface area contributed by atoms with E-state index >= 15 is 0 Å². The third-order valence-corrected chi connectivity index (χ3v) is 4.77. The van der Waals surface area contributed by atoms with E-state index in [4.69, 9.17) is 0 Å². The van der Waals surface area contributed by atoms with Gasteiger partial charge in [0, 0.05) is 24.3 Å². The van der Waals surface area contributed by atoms with Crippen molar-refractivity contribution in [2.24, 2.45) is 0 Å². The van der Waals surface area contributed by atoms with E-state index in [1.54, 1.807) is 11.8 Å². The van der Waals surface area contributed by atoms with Gasteiger partial charge in [-0.05, 0) is 37.5 Å². The van der Waals surface area contributed by atoms with Crippen LogP contribution in [-0.2, 0) is 4.79 Å². The van der Waals surface area contributed by atoms with Crippen molar-refractivity contribution >= 4 is 23.4 Å². The molecule has 3 rings (SSSR count). The standard InChI is InChI=1S/C17H22N4OS/c1-3-4-10-23-17-20-19-16(13-8-9-13)21(17)15-7-5-6-14(11-15)18-12(2)22/h5-7,11,13H,3-4,8-10H2,1-2H3,(H,18,22). The molecule has 1 amide bonds. The fourth-order valence-corrected chi connectivity index (χ4v) is 3.50. The lowest BCUT2D eigenvalue weighted by Gasteiger charge is -2.11. The van der Waals surface area contributed by atoms with Crippen LogP contribution in [0.4, 0.5) is 5.69 Å². The average molecular weight is 330 g/mol. The van der Waals surface area contributed by atoms with E-state index in [-0.39, 0.29) is 5.91 Å². The van der Waals surface area contributed by atoms with Gasteiger partial charge in [0.05, 0.1) is 5.69 Å². The number of hydrogen-bond donors (Lipinski definition) is 1. The molecule has 1 aromatic heterocycles. The van der Waals surface area contributed by atoms with E-state index in [2.05, 4.69) is 27.0 Å². The molecule has 0 bridgehead atoms. The highest BCUT2D eigenvalue weighted by Gasteiger charge is 2.31. The predicted octanol–water partition coefficient (Wildman–Crippen LogP) is 4.00. The van der Waals surface area contributed by atoms with Crippen molar-refractivity contribution in [3.63, 3.8) is 0 Å². The summed E-state index contributed by atoms with van der Waals surface area (Å²) >= 11 is 1.75. The van der Waals surface area contributed by atoms with Gasteiger partial charge in [0.2, 0.25) is 5.91 Å². The van der Waals surface area contributed by atoms with Gasteiger partial charge in [0.25, 0.3) is 0 Å². The highest BCUT2D eigenvalue weighted by Crippen LogP contribution is 2.41. The van der Waals surface area contributed by atoms with Crippen molar-refractivity contribution in [3.8, 4) is 5.69 Å². The molecule has 1 saturated carbocycles. The van der Waals surface area contributed by atoms with Gasteiger partial charge >= 0.3 is 0 Å². The minimum absolute atomic E-state index is 0.0640. The number of amides is 1. The fourth-order valence-electron chi connectivity index (χ4n) is 2.46. The number of nitrogens with one attached hydrogen (secondary N) is 1. The van der Waals surface area contributed by atoms with Crippen LogP contribution in [0.5, 0.6) is 0 Å². The summed E-state index contributed by atoms with van der Waals surface area (Å²) in [6.45, 7) is 3.71. The summed E-state index contributed by atoms with van der Waals surface area (Å²) in [5.41, 5.74) is 1.82. The van der Waals surface area contributed by atoms with Crippen LogP contribution in [0.25, 0.3) is 5.69 Å². The largest absolute Gasteiger partial charge is 0.326 e. The van der Waals surface area contributed by atoms with Crippen LogP contribution in [0.1, 0.15) is 51.3 Å². The average Bonchev–Trinajstić information content (AvgIpc) is 3.28. The zero-order chi connectivity index (χ0) is 16.2. The molecular weight excluding hydrogens is 308 g/mol. The molecule has 0 saturated heterocycles. The maximum atomic E-state index is 11.3. The third-order valence-electron chi connectivity index (χ3n) is 3.75. The van der Waals surface area contributed by atoms with Crippen molar-refractivity contribution < 1.29 is 4.79 Å². The van der Waals surface area contributed by atoms with E-state index in [0.717, 1.165) is 28.1 Å². The molecule has 1 aliphatic carbocycles. The second-order valence-electron chi connectivity index (χ2n) is 5.88. The molecule has 1 fully saturated rings. The molecule has 1 N–H and O–H groups in total. The normalized spacial score (nSPS) is 14.0. The van der Waals surface area contributed by atoms with E-state index in [1.165, 1.54) is 32.6 Å². The van der Waals surface area contributed by atoms with E-state index in [1.807, 2.05) is 24.3 Å². The third kappa shape index (κ3) is 3.93. The molecule has 2 aromatic rings. The summed E-state index contributed by atoms with van der Waals surface area (Å²) in [7, 11) is 0. The molecule has 0 atom stereocenters. The van der Waals surface area contributed by atoms with Crippen molar-refractivity contribution in [1.82, 2.24) is 14.8 Å². The van der Waals surface area contributed by atoms with Crippen LogP contribution in [0, 0.1) is 0 Å². The number of rotatable bonds is 7. The lowest BCUT2D eigenvalue weighted by Crippen LogP contribution is -2.07. The van der Waals surface area contributed by atoms with Crippen LogP contribution >= 0.6 is 11.8 Å². The molecule has 5 nitrogen and oxygen atoms in total. The predicted molar refractivity (Wildman–Crippen MR) is 93.3 cm³/mol. The Bertz CT molecular complexity index is 694. The van der Waals surface area contributed by atoms with Crippen molar-refractivity contribution in [3.05, 3.63) is 30.1 Å². The Morgan fingerprint density at radius 1 is 1.39 bits per heavy atom. The molecule has 0 spiro atoms. The molecular formula is C17H22N4OS. The molecule has 6 heteroatoms. The van der Waals surface area contributed by atoms with Crippen LogP contribution in [-0.4, -0.2) is 26.4 Å². The first kappa shape index (κ1) is 16.1. The number of hydrogen-bond acceptors (Lipinski definition) is 4. The number of aromatic nitrogens is 3. The van der Waals surface area contributed by atoms with Gasteiger partial charge in [-0.1, -0.05) is 31.2 Å². The molecule has 1 heterocycles. The first-order valence-corrected chi connectivity index (χ1v) is 9.13. The van der Waals surface area contributed by atoms with Crippen molar-refractivity contribution in [2.45, 2.75) is 50.6 Å². The number of benzene rings is 1. The molecule has 1 aliphatic rings. The van der Waals surface area contributed by atoms with Gasteiger partial charge in [-0.15, -0.1) is 10.2 Å². The Hall–Kier alpha value is -1.82. The molecule has 0 unspecified atom stereocenters. The van der Waals surface area contributed by atoms with Crippen LogP contribution in [0.3, 0.4) is 0 Å². The fraction of sp³-hybridized carbons (Fsp3) is 0.471. The smallest absolute Gasteiger partial charge is 0.221 e. The number of unbranched alkanes of at least 4 members (excludes halogenated alkanes) is 1. The SMILES string of the molecule is CCCCSc1nnc(C2CC2)n1-c1cccc(NC(C)=O)c1. The summed E-state index contributed by atoms with van der Waals surface area (Å²) < 4.78 is 2.16. The van der Waals surface area contributed by atoms with Gasteiger partial charge in [-0.25, -0.2) is 0 Å². The maximum Gasteiger partial charge on any atom is 0.221 e. The van der Waals surface area contributed by atoms with Gasteiger partial charge in [-0.3, -0.25) is 9.36 Å². The number of carbonyl (C=O) groups is 1. The maximum absolute atomic E-state index is 11.3. The molecule has 122 valence electrons. The number of thioether (sulfide) groups is 1. The summed E-state index contributed by atoms with van der Waals surface area (Å²) in [6, 6.07) is 7.89. The van der Waals surface area contributed by atoms with E-state index < -0.39 is 0 Å². The number of nitrogens with zero attached hydrogens (tertiary/aromatic N) is 3. The highest BCUT2D eigenvalue weighted by atomic mass is 32.2. The zero-order valence-corrected chi connectivity index (χ0v) is 14.4. The first-order chi connectivity index (χ1) is 11.2. The van der Waals surface area contributed by atoms with Gasteiger partial charge in [0.1, 0.15) is 5.82 Å².